The van der Waals surface area contributed by atoms with Crippen LogP contribution >= 0.6 is 11.8 Å². The van der Waals surface area contributed by atoms with Crippen molar-refractivity contribution in [3.05, 3.63) is 29.8 Å². The smallest absolute Gasteiger partial charge is 0.251 e. The first-order chi connectivity index (χ1) is 13.5. The van der Waals surface area contributed by atoms with Crippen molar-refractivity contribution >= 4 is 38.4 Å². The average Bonchev–Trinajstić information content (AvgIpc) is 3.15. The number of hydrogen-bond donors (Lipinski definition) is 2. The number of carbonyl (C=O) groups excluding carboxylic acids is 1. The number of fused-ring (bicyclic) bond motifs is 1. The maximum absolute atomic E-state index is 12.3. The Morgan fingerprint density at radius 3 is 2.68 bits per heavy atom. The minimum absolute atomic E-state index is 0.0176. The molecule has 28 heavy (non-hydrogen) atoms. The van der Waals surface area contributed by atoms with Gasteiger partial charge in [0.15, 0.2) is 15.0 Å². The van der Waals surface area contributed by atoms with E-state index < -0.39 is 9.84 Å². The van der Waals surface area contributed by atoms with Crippen molar-refractivity contribution in [3.8, 4) is 0 Å². The second-order valence-electron chi connectivity index (χ2n) is 7.15. The fourth-order valence-corrected chi connectivity index (χ4v) is 7.17. The number of ether oxygens (including phenoxy) is 1. The fraction of sp³-hybridized carbons (Fsp3) is 0.556. The van der Waals surface area contributed by atoms with E-state index in [1.165, 1.54) is 11.8 Å². The summed E-state index contributed by atoms with van der Waals surface area (Å²) in [4.78, 5) is 19.0. The van der Waals surface area contributed by atoms with Gasteiger partial charge >= 0.3 is 0 Å². The van der Waals surface area contributed by atoms with Crippen LogP contribution < -0.4 is 10.6 Å². The zero-order valence-corrected chi connectivity index (χ0v) is 17.1. The van der Waals surface area contributed by atoms with Crippen LogP contribution in [0.4, 0.5) is 5.69 Å². The van der Waals surface area contributed by atoms with Gasteiger partial charge in [0.1, 0.15) is 0 Å². The number of sulfone groups is 1. The van der Waals surface area contributed by atoms with Gasteiger partial charge in [-0.3, -0.25) is 14.7 Å². The Hall–Kier alpha value is -1.62. The maximum Gasteiger partial charge on any atom is 0.251 e. The zero-order chi connectivity index (χ0) is 19.6. The monoisotopic (exact) mass is 424 g/mol. The lowest BCUT2D eigenvalue weighted by molar-refractivity contribution is 0.0383. The second kappa shape index (κ2) is 8.40. The first-order valence-corrected chi connectivity index (χ1v) is 12.1. The Morgan fingerprint density at radius 2 is 1.96 bits per heavy atom. The summed E-state index contributed by atoms with van der Waals surface area (Å²) in [6.45, 7) is 4.76. The first kappa shape index (κ1) is 19.7. The van der Waals surface area contributed by atoms with Gasteiger partial charge in [-0.05, 0) is 24.3 Å². The number of benzene rings is 1. The van der Waals surface area contributed by atoms with Gasteiger partial charge in [0, 0.05) is 42.7 Å². The number of morpholine rings is 1. The number of anilines is 1. The van der Waals surface area contributed by atoms with Crippen molar-refractivity contribution in [2.24, 2.45) is 4.99 Å². The summed E-state index contributed by atoms with van der Waals surface area (Å²) in [6, 6.07) is 7.08. The number of nitrogens with one attached hydrogen (secondary N) is 2. The van der Waals surface area contributed by atoms with Crippen molar-refractivity contribution < 1.29 is 17.9 Å². The molecule has 8 nitrogen and oxygen atoms in total. The van der Waals surface area contributed by atoms with E-state index in [1.54, 1.807) is 12.1 Å². The minimum atomic E-state index is -2.94. The van der Waals surface area contributed by atoms with Crippen LogP contribution in [0.15, 0.2) is 29.3 Å². The summed E-state index contributed by atoms with van der Waals surface area (Å²) in [6.07, 6.45) is 0. The summed E-state index contributed by atoms with van der Waals surface area (Å²) in [5, 5.41) is 6.92. The van der Waals surface area contributed by atoms with Crippen LogP contribution in [0.2, 0.25) is 0 Å². The standard InChI is InChI=1S/C18H24N4O4S2/c23-17(19-5-6-22-7-9-26-10-8-22)13-1-3-14(4-2-13)20-18-21-15-11-28(24,25)12-16(15)27-18/h1-4,15-16H,5-12H2,(H,19,23)(H,20,21)/t15-,16+/m1/s1. The average molecular weight is 425 g/mol. The molecule has 0 aliphatic carbocycles. The Kier molecular flexibility index (Phi) is 5.91. The quantitative estimate of drug-likeness (QED) is 0.707. The number of carbonyl (C=O) groups is 1. The molecule has 0 unspecified atom stereocenters. The molecule has 4 rings (SSSR count). The van der Waals surface area contributed by atoms with Crippen molar-refractivity contribution in [1.82, 2.24) is 10.2 Å². The molecule has 1 aromatic carbocycles. The third-order valence-electron chi connectivity index (χ3n) is 5.03. The van der Waals surface area contributed by atoms with E-state index in [0.29, 0.717) is 12.1 Å². The molecule has 2 atom stereocenters. The molecule has 0 bridgehead atoms. The summed E-state index contributed by atoms with van der Waals surface area (Å²) >= 11 is 1.48. The second-order valence-corrected chi connectivity index (χ2v) is 10.5. The summed E-state index contributed by atoms with van der Waals surface area (Å²) in [7, 11) is -2.94. The molecule has 3 aliphatic heterocycles. The largest absolute Gasteiger partial charge is 0.379 e. The molecule has 3 aliphatic rings. The van der Waals surface area contributed by atoms with E-state index >= 15 is 0 Å². The number of nitrogens with zero attached hydrogens (tertiary/aromatic N) is 2. The van der Waals surface area contributed by atoms with E-state index in [4.69, 9.17) is 4.74 Å². The maximum atomic E-state index is 12.3. The van der Waals surface area contributed by atoms with Crippen LogP contribution in [0.1, 0.15) is 10.4 Å². The van der Waals surface area contributed by atoms with Crippen molar-refractivity contribution in [3.63, 3.8) is 0 Å². The van der Waals surface area contributed by atoms with Crippen LogP contribution in [0, 0.1) is 0 Å². The molecule has 1 aromatic rings. The first-order valence-electron chi connectivity index (χ1n) is 9.39. The zero-order valence-electron chi connectivity index (χ0n) is 15.5. The normalized spacial score (nSPS) is 26.5. The fourth-order valence-electron chi connectivity index (χ4n) is 3.50. The molecule has 0 aromatic heterocycles. The van der Waals surface area contributed by atoms with Gasteiger partial charge in [0.2, 0.25) is 0 Å². The molecule has 3 heterocycles. The molecular formula is C18H24N4O4S2. The number of amidine groups is 1. The molecule has 0 saturated carbocycles. The predicted molar refractivity (Wildman–Crippen MR) is 111 cm³/mol. The highest BCUT2D eigenvalue weighted by molar-refractivity contribution is 8.15. The lowest BCUT2D eigenvalue weighted by Gasteiger charge is -2.26. The van der Waals surface area contributed by atoms with E-state index in [9.17, 15) is 13.2 Å². The topological polar surface area (TPSA) is 100 Å². The molecular weight excluding hydrogens is 400 g/mol. The summed E-state index contributed by atoms with van der Waals surface area (Å²) in [5.74, 6) is 0.243. The van der Waals surface area contributed by atoms with E-state index in [0.717, 1.165) is 43.7 Å². The van der Waals surface area contributed by atoms with Gasteiger partial charge < -0.3 is 15.4 Å². The Balaban J connectivity index is 1.25. The number of amides is 1. The van der Waals surface area contributed by atoms with Gasteiger partial charge in [-0.15, -0.1) is 0 Å². The van der Waals surface area contributed by atoms with Crippen LogP contribution in [0.25, 0.3) is 0 Å². The van der Waals surface area contributed by atoms with Crippen LogP contribution in [-0.2, 0) is 14.6 Å². The SMILES string of the molecule is O=C(NCCN1CCOCC1)c1ccc(NC2=N[C@@H]3CS(=O)(=O)C[C@@H]3S2)cc1. The van der Waals surface area contributed by atoms with Gasteiger partial charge in [-0.1, -0.05) is 11.8 Å². The number of thioether (sulfide) groups is 1. The van der Waals surface area contributed by atoms with E-state index in [2.05, 4.69) is 20.5 Å². The molecule has 2 saturated heterocycles. The minimum Gasteiger partial charge on any atom is -0.379 e. The van der Waals surface area contributed by atoms with Gasteiger partial charge in [0.05, 0.1) is 30.8 Å². The predicted octanol–water partition coefficient (Wildman–Crippen LogP) is 0.429. The van der Waals surface area contributed by atoms with E-state index in [-0.39, 0.29) is 28.7 Å². The Morgan fingerprint density at radius 1 is 1.21 bits per heavy atom. The highest BCUT2D eigenvalue weighted by Gasteiger charge is 2.42. The Bertz CT molecular complexity index is 851. The van der Waals surface area contributed by atoms with Crippen LogP contribution in [-0.4, -0.2) is 86.6 Å². The molecule has 0 radical (unpaired) electrons. The third-order valence-corrected chi connectivity index (χ3v) is 8.18. The number of aliphatic imine (C=N–C) groups is 1. The van der Waals surface area contributed by atoms with Crippen molar-refractivity contribution in [1.29, 1.82) is 0 Å². The number of hydrogen-bond acceptors (Lipinski definition) is 8. The van der Waals surface area contributed by atoms with Crippen molar-refractivity contribution in [2.75, 3.05) is 56.2 Å². The highest BCUT2D eigenvalue weighted by atomic mass is 32.2. The molecule has 2 N–H and O–H groups in total. The Labute approximate surface area is 169 Å². The summed E-state index contributed by atoms with van der Waals surface area (Å²) < 4.78 is 28.6. The van der Waals surface area contributed by atoms with Crippen LogP contribution in [0.5, 0.6) is 0 Å². The lowest BCUT2D eigenvalue weighted by atomic mass is 10.2. The van der Waals surface area contributed by atoms with Gasteiger partial charge in [0.25, 0.3) is 5.91 Å². The van der Waals surface area contributed by atoms with Gasteiger partial charge in [-0.25, -0.2) is 8.42 Å². The van der Waals surface area contributed by atoms with E-state index in [1.807, 2.05) is 12.1 Å². The highest BCUT2D eigenvalue weighted by Crippen LogP contribution is 2.34. The molecule has 2 fully saturated rings. The lowest BCUT2D eigenvalue weighted by Crippen LogP contribution is -2.41. The third kappa shape index (κ3) is 4.86. The molecule has 152 valence electrons. The summed E-state index contributed by atoms with van der Waals surface area (Å²) in [5.41, 5.74) is 1.44. The van der Waals surface area contributed by atoms with Crippen molar-refractivity contribution in [2.45, 2.75) is 11.3 Å². The molecule has 0 spiro atoms. The molecule has 1 amide bonds. The number of rotatable bonds is 5. The van der Waals surface area contributed by atoms with Gasteiger partial charge in [-0.2, -0.15) is 0 Å². The van der Waals surface area contributed by atoms with Crippen LogP contribution in [0.3, 0.4) is 0 Å². The molecule has 10 heteroatoms.